The maximum absolute atomic E-state index is 11.7. The first-order chi connectivity index (χ1) is 15.6. The molecule has 0 aliphatic carbocycles. The van der Waals surface area contributed by atoms with Crippen LogP contribution in [0.25, 0.3) is 16.9 Å². The standard InChI is InChI=1S/C26H29N5O/c1-18(2)30-14-10-20(11-15-30)19-3-5-22(6-4-19)29-23-7-8-24(31-16-13-28-26(23)31)21-9-12-27-25(32)17-21/h3-9,12-13,16-18,20,29H,10-11,14-15H2,1-2H3,(H,27,32). The minimum atomic E-state index is -0.118. The van der Waals surface area contributed by atoms with Crippen molar-refractivity contribution in [1.82, 2.24) is 19.3 Å². The van der Waals surface area contributed by atoms with E-state index in [0.717, 1.165) is 28.3 Å². The zero-order valence-corrected chi connectivity index (χ0v) is 18.6. The third kappa shape index (κ3) is 4.06. The molecule has 32 heavy (non-hydrogen) atoms. The lowest BCUT2D eigenvalue weighted by atomic mass is 9.89. The van der Waals surface area contributed by atoms with Gasteiger partial charge in [-0.1, -0.05) is 12.1 Å². The van der Waals surface area contributed by atoms with Crippen LogP contribution in [0.2, 0.25) is 0 Å². The fraction of sp³-hybridized carbons (Fsp3) is 0.308. The van der Waals surface area contributed by atoms with Gasteiger partial charge in [0.15, 0.2) is 5.65 Å². The third-order valence-corrected chi connectivity index (χ3v) is 6.54. The molecule has 3 aromatic heterocycles. The second-order valence-corrected chi connectivity index (χ2v) is 8.85. The first kappa shape index (κ1) is 20.5. The van der Waals surface area contributed by atoms with Gasteiger partial charge in [-0.05, 0) is 81.6 Å². The Bertz CT molecular complexity index is 1260. The lowest BCUT2D eigenvalue weighted by Crippen LogP contribution is -2.37. The smallest absolute Gasteiger partial charge is 0.248 e. The highest BCUT2D eigenvalue weighted by Crippen LogP contribution is 2.31. The number of aromatic nitrogens is 3. The zero-order valence-electron chi connectivity index (χ0n) is 18.6. The van der Waals surface area contributed by atoms with E-state index in [-0.39, 0.29) is 5.56 Å². The summed E-state index contributed by atoms with van der Waals surface area (Å²) >= 11 is 0. The SMILES string of the molecule is CC(C)N1CCC(c2ccc(Nc3ccc(-c4cc[nH]c(=O)c4)n4ccnc34)cc2)CC1. The van der Waals surface area contributed by atoms with Gasteiger partial charge in [0.2, 0.25) is 5.56 Å². The van der Waals surface area contributed by atoms with Gasteiger partial charge in [-0.15, -0.1) is 0 Å². The van der Waals surface area contributed by atoms with E-state index in [1.54, 1.807) is 18.5 Å². The summed E-state index contributed by atoms with van der Waals surface area (Å²) in [6.45, 7) is 6.92. The van der Waals surface area contributed by atoms with Gasteiger partial charge in [0, 0.05) is 41.9 Å². The molecule has 1 saturated heterocycles. The van der Waals surface area contributed by atoms with Gasteiger partial charge in [0.1, 0.15) is 0 Å². The lowest BCUT2D eigenvalue weighted by Gasteiger charge is -2.34. The van der Waals surface area contributed by atoms with E-state index in [2.05, 4.69) is 58.3 Å². The van der Waals surface area contributed by atoms with Gasteiger partial charge in [-0.2, -0.15) is 0 Å². The molecule has 1 fully saturated rings. The normalized spacial score (nSPS) is 15.5. The summed E-state index contributed by atoms with van der Waals surface area (Å²) in [4.78, 5) is 21.5. The van der Waals surface area contributed by atoms with Crippen molar-refractivity contribution < 1.29 is 0 Å². The second kappa shape index (κ2) is 8.63. The highest BCUT2D eigenvalue weighted by Gasteiger charge is 2.22. The first-order valence-corrected chi connectivity index (χ1v) is 11.3. The van der Waals surface area contributed by atoms with Crippen LogP contribution in [0.1, 0.15) is 38.2 Å². The van der Waals surface area contributed by atoms with Crippen LogP contribution in [0.5, 0.6) is 0 Å². The Morgan fingerprint density at radius 1 is 1.06 bits per heavy atom. The van der Waals surface area contributed by atoms with Crippen molar-refractivity contribution in [1.29, 1.82) is 0 Å². The Morgan fingerprint density at radius 3 is 2.56 bits per heavy atom. The largest absolute Gasteiger partial charge is 0.352 e. The fourth-order valence-electron chi connectivity index (χ4n) is 4.69. The molecule has 0 saturated carbocycles. The van der Waals surface area contributed by atoms with E-state index >= 15 is 0 Å². The molecule has 0 radical (unpaired) electrons. The molecule has 0 amide bonds. The summed E-state index contributed by atoms with van der Waals surface area (Å²) in [6, 6.07) is 17.0. The van der Waals surface area contributed by atoms with Gasteiger partial charge in [0.05, 0.1) is 11.4 Å². The highest BCUT2D eigenvalue weighted by atomic mass is 16.1. The molecule has 0 atom stereocenters. The number of anilines is 2. The number of benzene rings is 1. The average Bonchev–Trinajstić information content (AvgIpc) is 3.30. The number of nitrogens with one attached hydrogen (secondary N) is 2. The summed E-state index contributed by atoms with van der Waals surface area (Å²) in [5, 5.41) is 3.52. The summed E-state index contributed by atoms with van der Waals surface area (Å²) in [5.41, 5.74) is 5.90. The van der Waals surface area contributed by atoms with Crippen molar-refractivity contribution in [3.63, 3.8) is 0 Å². The highest BCUT2D eigenvalue weighted by molar-refractivity contribution is 5.78. The van der Waals surface area contributed by atoms with Crippen molar-refractivity contribution in [2.24, 2.45) is 0 Å². The Hall–Kier alpha value is -3.38. The van der Waals surface area contributed by atoms with Crippen LogP contribution in [-0.4, -0.2) is 38.4 Å². The predicted octanol–water partition coefficient (Wildman–Crippen LogP) is 5.02. The minimum Gasteiger partial charge on any atom is -0.352 e. The van der Waals surface area contributed by atoms with E-state index in [1.165, 1.54) is 31.5 Å². The minimum absolute atomic E-state index is 0.118. The molecule has 1 aliphatic heterocycles. The summed E-state index contributed by atoms with van der Waals surface area (Å²) < 4.78 is 2.01. The van der Waals surface area contributed by atoms with Crippen LogP contribution in [0.3, 0.4) is 0 Å². The number of rotatable bonds is 5. The number of aromatic amines is 1. The number of hydrogen-bond donors (Lipinski definition) is 2. The van der Waals surface area contributed by atoms with Gasteiger partial charge in [-0.3, -0.25) is 9.20 Å². The van der Waals surface area contributed by atoms with Crippen molar-refractivity contribution in [3.05, 3.63) is 83.0 Å². The maximum Gasteiger partial charge on any atom is 0.248 e. The van der Waals surface area contributed by atoms with Crippen molar-refractivity contribution >= 4 is 17.0 Å². The van der Waals surface area contributed by atoms with Gasteiger partial charge in [-0.25, -0.2) is 4.98 Å². The zero-order chi connectivity index (χ0) is 22.1. The molecule has 6 nitrogen and oxygen atoms in total. The van der Waals surface area contributed by atoms with E-state index < -0.39 is 0 Å². The third-order valence-electron chi connectivity index (χ3n) is 6.54. The maximum atomic E-state index is 11.7. The Kier molecular flexibility index (Phi) is 5.53. The number of piperidine rings is 1. The molecule has 6 heteroatoms. The van der Waals surface area contributed by atoms with E-state index in [9.17, 15) is 4.79 Å². The van der Waals surface area contributed by atoms with Crippen molar-refractivity contribution in [2.45, 2.75) is 38.6 Å². The number of imidazole rings is 1. The number of nitrogens with zero attached hydrogens (tertiary/aromatic N) is 3. The topological polar surface area (TPSA) is 65.4 Å². The van der Waals surface area contributed by atoms with Crippen LogP contribution >= 0.6 is 0 Å². The lowest BCUT2D eigenvalue weighted by molar-refractivity contribution is 0.172. The number of H-pyrrole nitrogens is 1. The molecule has 0 unspecified atom stereocenters. The van der Waals surface area contributed by atoms with Crippen LogP contribution in [0.4, 0.5) is 11.4 Å². The van der Waals surface area contributed by atoms with Gasteiger partial charge in [0.25, 0.3) is 0 Å². The monoisotopic (exact) mass is 427 g/mol. The first-order valence-electron chi connectivity index (χ1n) is 11.3. The Labute approximate surface area is 187 Å². The molecule has 4 aromatic rings. The van der Waals surface area contributed by atoms with Gasteiger partial charge < -0.3 is 15.2 Å². The van der Waals surface area contributed by atoms with Crippen molar-refractivity contribution in [2.75, 3.05) is 18.4 Å². The number of fused-ring (bicyclic) bond motifs is 1. The summed E-state index contributed by atoms with van der Waals surface area (Å²) in [6.07, 6.45) is 7.82. The number of pyridine rings is 2. The molecule has 1 aliphatic rings. The van der Waals surface area contributed by atoms with Crippen LogP contribution in [0, 0.1) is 0 Å². The van der Waals surface area contributed by atoms with E-state index in [0.29, 0.717) is 12.0 Å². The molecule has 5 rings (SSSR count). The van der Waals surface area contributed by atoms with E-state index in [1.807, 2.05) is 28.8 Å². The summed E-state index contributed by atoms with van der Waals surface area (Å²) in [7, 11) is 0. The Morgan fingerprint density at radius 2 is 1.84 bits per heavy atom. The molecular formula is C26H29N5O. The molecule has 2 N–H and O–H groups in total. The average molecular weight is 428 g/mol. The quantitative estimate of drug-likeness (QED) is 0.469. The second-order valence-electron chi connectivity index (χ2n) is 8.85. The number of likely N-dealkylation sites (tertiary alicyclic amines) is 1. The molecule has 1 aromatic carbocycles. The number of hydrogen-bond acceptors (Lipinski definition) is 4. The fourth-order valence-corrected chi connectivity index (χ4v) is 4.69. The Balaban J connectivity index is 1.35. The molecule has 0 bridgehead atoms. The molecular weight excluding hydrogens is 398 g/mol. The molecule has 164 valence electrons. The molecule has 4 heterocycles. The van der Waals surface area contributed by atoms with Crippen LogP contribution in [-0.2, 0) is 0 Å². The van der Waals surface area contributed by atoms with Crippen LogP contribution in [0.15, 0.2) is 71.9 Å². The van der Waals surface area contributed by atoms with E-state index in [4.69, 9.17) is 0 Å². The van der Waals surface area contributed by atoms with Crippen molar-refractivity contribution in [3.8, 4) is 11.3 Å². The summed E-state index contributed by atoms with van der Waals surface area (Å²) in [5.74, 6) is 0.645. The predicted molar refractivity (Wildman–Crippen MR) is 130 cm³/mol. The van der Waals surface area contributed by atoms with Crippen LogP contribution < -0.4 is 10.9 Å². The molecule has 0 spiro atoms. The van der Waals surface area contributed by atoms with Gasteiger partial charge >= 0.3 is 0 Å².